The van der Waals surface area contributed by atoms with Gasteiger partial charge in [-0.05, 0) is 71.5 Å². The van der Waals surface area contributed by atoms with E-state index in [1.54, 1.807) is 30.4 Å². The molecular weight excluding hydrogens is 512 g/mol. The summed E-state index contributed by atoms with van der Waals surface area (Å²) in [6.45, 7) is 2.48. The van der Waals surface area contributed by atoms with Gasteiger partial charge in [0.2, 0.25) is 0 Å². The van der Waals surface area contributed by atoms with E-state index >= 15 is 0 Å². The maximum atomic E-state index is 12.7. The molecule has 0 aliphatic heterocycles. The molecule has 0 saturated carbocycles. The summed E-state index contributed by atoms with van der Waals surface area (Å²) in [6, 6.07) is 28.3. The zero-order valence-corrected chi connectivity index (χ0v) is 23.3. The Morgan fingerprint density at radius 2 is 1.37 bits per heavy atom. The van der Waals surface area contributed by atoms with Gasteiger partial charge in [0.1, 0.15) is 19.0 Å². The van der Waals surface area contributed by atoms with E-state index in [9.17, 15) is 9.59 Å². The van der Waals surface area contributed by atoms with E-state index in [2.05, 4.69) is 31.2 Å². The summed E-state index contributed by atoms with van der Waals surface area (Å²) in [5.41, 5.74) is 17.6. The Hall–Kier alpha value is -4.84. The van der Waals surface area contributed by atoms with E-state index in [4.69, 9.17) is 20.9 Å². The molecule has 0 radical (unpaired) electrons. The Bertz CT molecular complexity index is 1450. The number of carbonyl (C=O) groups is 2. The first-order chi connectivity index (χ1) is 19.9. The van der Waals surface area contributed by atoms with E-state index < -0.39 is 5.97 Å². The molecule has 210 valence electrons. The summed E-state index contributed by atoms with van der Waals surface area (Å²) in [4.78, 5) is 24.8. The zero-order chi connectivity index (χ0) is 29.0. The minimum absolute atomic E-state index is 0.0631. The maximum Gasteiger partial charge on any atom is 0.338 e. The molecule has 0 aromatic heterocycles. The standard InChI is InChI=1S/C35H36N2O4/c1-2-3-4-5-25-6-11-27(12-7-25)28-13-15-29(16-14-28)34(38)19-10-26-8-17-33(18-9-26)40-20-21-41-35(39)30-22-31(36)24-32(37)23-30/h6-19,22-24H,2-5,20-21,36-37H2,1H3. The number of nitrogen functional groups attached to an aromatic ring is 2. The average Bonchev–Trinajstić information content (AvgIpc) is 2.98. The second kappa shape index (κ2) is 14.5. The van der Waals surface area contributed by atoms with Gasteiger partial charge in [-0.25, -0.2) is 4.79 Å². The first-order valence-corrected chi connectivity index (χ1v) is 13.9. The predicted molar refractivity (Wildman–Crippen MR) is 166 cm³/mol. The fourth-order valence-electron chi connectivity index (χ4n) is 4.38. The molecule has 4 aromatic rings. The lowest BCUT2D eigenvalue weighted by molar-refractivity contribution is 0.0450. The van der Waals surface area contributed by atoms with Crippen molar-refractivity contribution >= 4 is 29.2 Å². The molecule has 4 aromatic carbocycles. The van der Waals surface area contributed by atoms with Gasteiger partial charge in [0.15, 0.2) is 5.78 Å². The van der Waals surface area contributed by atoms with Crippen LogP contribution in [-0.4, -0.2) is 25.0 Å². The lowest BCUT2D eigenvalue weighted by Crippen LogP contribution is -2.13. The van der Waals surface area contributed by atoms with Gasteiger partial charge in [-0.1, -0.05) is 86.5 Å². The molecule has 0 heterocycles. The molecule has 0 saturated heterocycles. The van der Waals surface area contributed by atoms with Crippen molar-refractivity contribution < 1.29 is 19.1 Å². The highest BCUT2D eigenvalue weighted by Crippen LogP contribution is 2.22. The monoisotopic (exact) mass is 548 g/mol. The van der Waals surface area contributed by atoms with Crippen molar-refractivity contribution in [1.29, 1.82) is 0 Å². The largest absolute Gasteiger partial charge is 0.490 e. The van der Waals surface area contributed by atoms with Crippen LogP contribution in [0.4, 0.5) is 11.4 Å². The molecule has 0 aliphatic carbocycles. The van der Waals surface area contributed by atoms with Gasteiger partial charge in [-0.2, -0.15) is 0 Å². The van der Waals surface area contributed by atoms with Gasteiger partial charge in [0.05, 0.1) is 5.56 Å². The Labute approximate surface area is 241 Å². The van der Waals surface area contributed by atoms with E-state index in [1.807, 2.05) is 36.4 Å². The second-order valence-electron chi connectivity index (χ2n) is 9.87. The molecule has 4 rings (SSSR count). The smallest absolute Gasteiger partial charge is 0.338 e. The molecule has 6 heteroatoms. The molecule has 0 atom stereocenters. The van der Waals surface area contributed by atoms with Crippen LogP contribution in [0.2, 0.25) is 0 Å². The minimum atomic E-state index is -0.515. The van der Waals surface area contributed by atoms with Crippen molar-refractivity contribution in [1.82, 2.24) is 0 Å². The Kier molecular flexibility index (Phi) is 10.3. The topological polar surface area (TPSA) is 105 Å². The first-order valence-electron chi connectivity index (χ1n) is 13.9. The van der Waals surface area contributed by atoms with Gasteiger partial charge in [0.25, 0.3) is 0 Å². The van der Waals surface area contributed by atoms with Crippen LogP contribution >= 0.6 is 0 Å². The van der Waals surface area contributed by atoms with Gasteiger partial charge in [-0.15, -0.1) is 0 Å². The highest BCUT2D eigenvalue weighted by Gasteiger charge is 2.09. The van der Waals surface area contributed by atoms with E-state index in [1.165, 1.54) is 37.0 Å². The van der Waals surface area contributed by atoms with Crippen LogP contribution in [-0.2, 0) is 11.2 Å². The van der Waals surface area contributed by atoms with Crippen LogP contribution in [0.3, 0.4) is 0 Å². The predicted octanol–water partition coefficient (Wildman–Crippen LogP) is 7.38. The number of nitrogens with two attached hydrogens (primary N) is 2. The number of carbonyl (C=O) groups excluding carboxylic acids is 2. The molecule has 0 spiro atoms. The van der Waals surface area contributed by atoms with Gasteiger partial charge in [0, 0.05) is 16.9 Å². The summed E-state index contributed by atoms with van der Waals surface area (Å²) in [6.07, 6.45) is 8.17. The van der Waals surface area contributed by atoms with Gasteiger partial charge < -0.3 is 20.9 Å². The van der Waals surface area contributed by atoms with Crippen LogP contribution in [0.15, 0.2) is 97.1 Å². The molecule has 4 N–H and O–H groups in total. The van der Waals surface area contributed by atoms with Crippen LogP contribution in [0, 0.1) is 0 Å². The maximum absolute atomic E-state index is 12.7. The Morgan fingerprint density at radius 1 is 0.732 bits per heavy atom. The number of hydrogen-bond donors (Lipinski definition) is 2. The van der Waals surface area contributed by atoms with Gasteiger partial charge >= 0.3 is 5.97 Å². The summed E-state index contributed by atoms with van der Waals surface area (Å²) in [7, 11) is 0. The third-order valence-electron chi connectivity index (χ3n) is 6.63. The highest BCUT2D eigenvalue weighted by atomic mass is 16.6. The number of esters is 1. The van der Waals surface area contributed by atoms with Gasteiger partial charge in [-0.3, -0.25) is 4.79 Å². The summed E-state index contributed by atoms with van der Waals surface area (Å²) in [5.74, 6) is 0.0495. The lowest BCUT2D eigenvalue weighted by atomic mass is 9.99. The average molecular weight is 549 g/mol. The van der Waals surface area contributed by atoms with Crippen molar-refractivity contribution in [3.05, 3.63) is 119 Å². The van der Waals surface area contributed by atoms with Crippen LogP contribution in [0.5, 0.6) is 5.75 Å². The molecule has 6 nitrogen and oxygen atoms in total. The molecule has 0 aliphatic rings. The van der Waals surface area contributed by atoms with Crippen molar-refractivity contribution in [2.75, 3.05) is 24.7 Å². The summed E-state index contributed by atoms with van der Waals surface area (Å²) >= 11 is 0. The zero-order valence-electron chi connectivity index (χ0n) is 23.3. The molecular formula is C35H36N2O4. The summed E-state index contributed by atoms with van der Waals surface area (Å²) in [5, 5.41) is 0. The third kappa shape index (κ3) is 8.83. The molecule has 0 fully saturated rings. The van der Waals surface area contributed by atoms with Crippen molar-refractivity contribution in [3.63, 3.8) is 0 Å². The number of hydrogen-bond acceptors (Lipinski definition) is 6. The van der Waals surface area contributed by atoms with E-state index in [-0.39, 0.29) is 19.0 Å². The van der Waals surface area contributed by atoms with Crippen LogP contribution < -0.4 is 16.2 Å². The quantitative estimate of drug-likeness (QED) is 0.0594. The molecule has 41 heavy (non-hydrogen) atoms. The number of aryl methyl sites for hydroxylation is 1. The normalized spacial score (nSPS) is 11.0. The van der Waals surface area contributed by atoms with Crippen LogP contribution in [0.1, 0.15) is 58.0 Å². The number of benzene rings is 4. The van der Waals surface area contributed by atoms with E-state index in [0.717, 1.165) is 23.1 Å². The SMILES string of the molecule is CCCCCc1ccc(-c2ccc(C(=O)C=Cc3ccc(OCCOC(=O)c4cc(N)cc(N)c4)cc3)cc2)cc1. The van der Waals surface area contributed by atoms with E-state index in [0.29, 0.717) is 28.3 Å². The first kappa shape index (κ1) is 29.2. The number of ether oxygens (including phenoxy) is 2. The molecule has 0 amide bonds. The Morgan fingerprint density at radius 3 is 2.00 bits per heavy atom. The van der Waals surface area contributed by atoms with Crippen molar-refractivity contribution in [2.24, 2.45) is 0 Å². The Balaban J connectivity index is 1.23. The lowest BCUT2D eigenvalue weighted by Gasteiger charge is -2.08. The van der Waals surface area contributed by atoms with Crippen LogP contribution in [0.25, 0.3) is 17.2 Å². The number of ketones is 1. The number of rotatable bonds is 13. The number of unbranched alkanes of at least 4 members (excludes halogenated alkanes) is 2. The summed E-state index contributed by atoms with van der Waals surface area (Å²) < 4.78 is 10.9. The third-order valence-corrected chi connectivity index (χ3v) is 6.63. The van der Waals surface area contributed by atoms with Crippen molar-refractivity contribution in [3.8, 4) is 16.9 Å². The molecule has 0 unspecified atom stereocenters. The van der Waals surface area contributed by atoms with Crippen molar-refractivity contribution in [2.45, 2.75) is 32.6 Å². The number of allylic oxidation sites excluding steroid dienone is 1. The molecule has 0 bridgehead atoms. The highest BCUT2D eigenvalue weighted by molar-refractivity contribution is 6.07. The fraction of sp³-hybridized carbons (Fsp3) is 0.200. The minimum Gasteiger partial charge on any atom is -0.490 e. The number of anilines is 2. The second-order valence-corrected chi connectivity index (χ2v) is 9.87. The fourth-order valence-corrected chi connectivity index (χ4v) is 4.38.